The lowest BCUT2D eigenvalue weighted by Crippen LogP contribution is -2.48. The Balaban J connectivity index is 0.00000312. The van der Waals surface area contributed by atoms with Crippen molar-refractivity contribution in [2.24, 2.45) is 5.73 Å². The summed E-state index contributed by atoms with van der Waals surface area (Å²) in [5.41, 5.74) is 10.1. The number of rotatable bonds is 8. The first-order chi connectivity index (χ1) is 11.4. The van der Waals surface area contributed by atoms with Gasteiger partial charge in [-0.3, -0.25) is 9.69 Å². The molecule has 2 aromatic rings. The Morgan fingerprint density at radius 3 is 2.80 bits per heavy atom. The molecule has 1 heterocycles. The maximum atomic E-state index is 12.3. The van der Waals surface area contributed by atoms with Crippen LogP contribution in [0.5, 0.6) is 0 Å². The largest absolute Gasteiger partial charge is 0.324 e. The van der Waals surface area contributed by atoms with E-state index in [0.29, 0.717) is 6.42 Å². The van der Waals surface area contributed by atoms with Crippen LogP contribution in [0, 0.1) is 0 Å². The molecule has 1 unspecified atom stereocenters. The van der Waals surface area contributed by atoms with Crippen molar-refractivity contribution >= 4 is 35.3 Å². The first kappa shape index (κ1) is 21.6. The van der Waals surface area contributed by atoms with Gasteiger partial charge >= 0.3 is 0 Å². The first-order valence-electron chi connectivity index (χ1n) is 8.15. The van der Waals surface area contributed by atoms with Crippen LogP contribution in [-0.2, 0) is 17.9 Å². The topological polar surface area (TPSA) is 71.2 Å². The molecule has 1 aromatic carbocycles. The van der Waals surface area contributed by atoms with Gasteiger partial charge in [-0.25, -0.2) is 4.98 Å². The number of nitrogens with zero attached hydrogens (tertiary/aromatic N) is 2. The minimum absolute atomic E-state index is 0. The molecule has 0 spiro atoms. The van der Waals surface area contributed by atoms with Crippen LogP contribution < -0.4 is 11.1 Å². The summed E-state index contributed by atoms with van der Waals surface area (Å²) in [5, 5.41) is 4.99. The molecule has 138 valence electrons. The molecule has 5 nitrogen and oxygen atoms in total. The van der Waals surface area contributed by atoms with Crippen molar-refractivity contribution in [2.75, 3.05) is 12.4 Å². The van der Waals surface area contributed by atoms with E-state index in [0.717, 1.165) is 36.5 Å². The number of hydrogen-bond donors (Lipinski definition) is 2. The van der Waals surface area contributed by atoms with Gasteiger partial charge in [0.1, 0.15) is 0 Å². The Bertz CT molecular complexity index is 661. The van der Waals surface area contributed by atoms with E-state index in [2.05, 4.69) is 33.7 Å². The van der Waals surface area contributed by atoms with Crippen molar-refractivity contribution in [1.29, 1.82) is 0 Å². The number of benzene rings is 1. The standard InChI is InChI=1S/C18H26N4OS.ClH/c1-4-8-18(2,19)17(23)21-15-7-5-6-14(9-15)10-22(3)11-16-12-24-13-20-16;/h5-7,9,12-13H,4,8,10-11,19H2,1-3H3,(H,21,23);1H. The highest BCUT2D eigenvalue weighted by Gasteiger charge is 2.27. The van der Waals surface area contributed by atoms with Crippen molar-refractivity contribution in [3.05, 3.63) is 46.4 Å². The summed E-state index contributed by atoms with van der Waals surface area (Å²) in [6, 6.07) is 7.90. The van der Waals surface area contributed by atoms with E-state index in [1.165, 1.54) is 0 Å². The van der Waals surface area contributed by atoms with E-state index in [4.69, 9.17) is 5.73 Å². The van der Waals surface area contributed by atoms with Gasteiger partial charge in [-0.05, 0) is 38.1 Å². The molecule has 0 fully saturated rings. The maximum Gasteiger partial charge on any atom is 0.244 e. The number of hydrogen-bond acceptors (Lipinski definition) is 5. The van der Waals surface area contributed by atoms with Crippen LogP contribution in [0.3, 0.4) is 0 Å². The molecular formula is C18H27ClN4OS. The number of amides is 1. The Hall–Kier alpha value is -1.47. The molecule has 0 radical (unpaired) electrons. The second kappa shape index (κ2) is 9.87. The molecule has 0 aliphatic carbocycles. The minimum Gasteiger partial charge on any atom is -0.324 e. The number of anilines is 1. The SMILES string of the molecule is CCCC(C)(N)C(=O)Nc1cccc(CN(C)Cc2cscn2)c1.Cl. The summed E-state index contributed by atoms with van der Waals surface area (Å²) in [5.74, 6) is -0.141. The molecule has 0 saturated heterocycles. The molecular weight excluding hydrogens is 356 g/mol. The number of aromatic nitrogens is 1. The zero-order chi connectivity index (χ0) is 17.6. The van der Waals surface area contributed by atoms with Crippen molar-refractivity contribution < 1.29 is 4.79 Å². The molecule has 1 amide bonds. The molecule has 3 N–H and O–H groups in total. The van der Waals surface area contributed by atoms with E-state index in [-0.39, 0.29) is 18.3 Å². The lowest BCUT2D eigenvalue weighted by molar-refractivity contribution is -0.120. The van der Waals surface area contributed by atoms with Gasteiger partial charge < -0.3 is 11.1 Å². The third-order valence-corrected chi connectivity index (χ3v) is 4.48. The zero-order valence-corrected chi connectivity index (χ0v) is 16.6. The molecule has 0 aliphatic rings. The molecule has 1 atom stereocenters. The predicted molar refractivity (Wildman–Crippen MR) is 107 cm³/mol. The van der Waals surface area contributed by atoms with E-state index in [1.807, 2.05) is 30.6 Å². The van der Waals surface area contributed by atoms with Gasteiger partial charge in [0.2, 0.25) is 5.91 Å². The molecule has 1 aromatic heterocycles. The summed E-state index contributed by atoms with van der Waals surface area (Å²) in [4.78, 5) is 18.8. The highest BCUT2D eigenvalue weighted by Crippen LogP contribution is 2.17. The average molecular weight is 383 g/mol. The molecule has 25 heavy (non-hydrogen) atoms. The predicted octanol–water partition coefficient (Wildman–Crippen LogP) is 3.65. The summed E-state index contributed by atoms with van der Waals surface area (Å²) in [7, 11) is 2.06. The third-order valence-electron chi connectivity index (χ3n) is 3.84. The minimum atomic E-state index is -0.841. The van der Waals surface area contributed by atoms with E-state index >= 15 is 0 Å². The molecule has 7 heteroatoms. The molecule has 0 aliphatic heterocycles. The van der Waals surface area contributed by atoms with Gasteiger partial charge in [0.05, 0.1) is 16.7 Å². The smallest absolute Gasteiger partial charge is 0.244 e. The Morgan fingerprint density at radius 1 is 1.40 bits per heavy atom. The summed E-state index contributed by atoms with van der Waals surface area (Å²) < 4.78 is 0. The highest BCUT2D eigenvalue weighted by atomic mass is 35.5. The Labute approximate surface area is 160 Å². The number of nitrogens with two attached hydrogens (primary N) is 1. The van der Waals surface area contributed by atoms with Gasteiger partial charge in [0.15, 0.2) is 0 Å². The van der Waals surface area contributed by atoms with Gasteiger partial charge in [0, 0.05) is 24.2 Å². The van der Waals surface area contributed by atoms with E-state index in [9.17, 15) is 4.79 Å². The zero-order valence-electron chi connectivity index (χ0n) is 15.0. The van der Waals surface area contributed by atoms with Crippen molar-refractivity contribution in [2.45, 2.75) is 45.3 Å². The maximum absolute atomic E-state index is 12.3. The van der Waals surface area contributed by atoms with Crippen LogP contribution in [0.25, 0.3) is 0 Å². The van der Waals surface area contributed by atoms with Crippen molar-refractivity contribution in [1.82, 2.24) is 9.88 Å². The monoisotopic (exact) mass is 382 g/mol. The van der Waals surface area contributed by atoms with Gasteiger partial charge in [-0.2, -0.15) is 0 Å². The van der Waals surface area contributed by atoms with Crippen molar-refractivity contribution in [3.63, 3.8) is 0 Å². The van der Waals surface area contributed by atoms with Gasteiger partial charge in [-0.15, -0.1) is 23.7 Å². The second-order valence-electron chi connectivity index (χ2n) is 6.47. The lowest BCUT2D eigenvalue weighted by Gasteiger charge is -2.23. The fourth-order valence-corrected chi connectivity index (χ4v) is 3.16. The third kappa shape index (κ3) is 6.74. The summed E-state index contributed by atoms with van der Waals surface area (Å²) in [6.45, 7) is 5.39. The van der Waals surface area contributed by atoms with Crippen LogP contribution >= 0.6 is 23.7 Å². The fraction of sp³-hybridized carbons (Fsp3) is 0.444. The molecule has 0 bridgehead atoms. The number of carbonyl (C=O) groups is 1. The summed E-state index contributed by atoms with van der Waals surface area (Å²) in [6.07, 6.45) is 1.54. The van der Waals surface area contributed by atoms with Gasteiger partial charge in [-0.1, -0.05) is 25.5 Å². The summed E-state index contributed by atoms with van der Waals surface area (Å²) >= 11 is 1.61. The molecule has 0 saturated carbocycles. The molecule has 2 rings (SSSR count). The first-order valence-corrected chi connectivity index (χ1v) is 9.10. The lowest BCUT2D eigenvalue weighted by atomic mass is 9.96. The van der Waals surface area contributed by atoms with E-state index < -0.39 is 5.54 Å². The number of halogens is 1. The van der Waals surface area contributed by atoms with E-state index in [1.54, 1.807) is 18.3 Å². The van der Waals surface area contributed by atoms with Crippen molar-refractivity contribution in [3.8, 4) is 0 Å². The Morgan fingerprint density at radius 2 is 2.16 bits per heavy atom. The van der Waals surface area contributed by atoms with Gasteiger partial charge in [0.25, 0.3) is 0 Å². The van der Waals surface area contributed by atoms with Crippen LogP contribution in [0.2, 0.25) is 0 Å². The Kier molecular flexibility index (Phi) is 8.52. The normalized spacial score (nSPS) is 13.2. The number of thiazole rings is 1. The second-order valence-corrected chi connectivity index (χ2v) is 7.19. The fourth-order valence-electron chi connectivity index (χ4n) is 2.61. The highest BCUT2D eigenvalue weighted by molar-refractivity contribution is 7.07. The van der Waals surface area contributed by atoms with Crippen LogP contribution in [-0.4, -0.2) is 28.4 Å². The van der Waals surface area contributed by atoms with Crippen LogP contribution in [0.1, 0.15) is 37.9 Å². The number of nitrogens with one attached hydrogen (secondary N) is 1. The number of carbonyl (C=O) groups excluding carboxylic acids is 1. The van der Waals surface area contributed by atoms with Crippen LogP contribution in [0.15, 0.2) is 35.2 Å². The quantitative estimate of drug-likeness (QED) is 0.730. The average Bonchev–Trinajstić information content (AvgIpc) is 3.00. The van der Waals surface area contributed by atoms with Crippen LogP contribution in [0.4, 0.5) is 5.69 Å².